The van der Waals surface area contributed by atoms with Crippen molar-refractivity contribution in [1.82, 2.24) is 0 Å². The molecule has 2 aromatic rings. The molecule has 0 aliphatic rings. The second-order valence-electron chi connectivity index (χ2n) is 4.59. The lowest BCUT2D eigenvalue weighted by Gasteiger charge is -2.10. The molecule has 2 N–H and O–H groups in total. The van der Waals surface area contributed by atoms with Gasteiger partial charge < -0.3 is 10.4 Å². The Kier molecular flexibility index (Phi) is 4.60. The van der Waals surface area contributed by atoms with Gasteiger partial charge in [-0.05, 0) is 47.9 Å². The third kappa shape index (κ3) is 3.61. The molecule has 2 rings (SSSR count). The summed E-state index contributed by atoms with van der Waals surface area (Å²) < 4.78 is 0. The molecule has 0 spiro atoms. The number of carboxylic acids is 1. The summed E-state index contributed by atoms with van der Waals surface area (Å²) in [6.45, 7) is 1.93. The summed E-state index contributed by atoms with van der Waals surface area (Å²) in [5.41, 5.74) is 3.82. The molecule has 0 atom stereocenters. The Morgan fingerprint density at radius 3 is 2.33 bits per heavy atom. The van der Waals surface area contributed by atoms with Gasteiger partial charge in [0.2, 0.25) is 5.91 Å². The van der Waals surface area contributed by atoms with Crippen molar-refractivity contribution in [3.8, 4) is 11.1 Å². The van der Waals surface area contributed by atoms with Gasteiger partial charge in [0, 0.05) is 5.69 Å². The minimum atomic E-state index is -0.947. The quantitative estimate of drug-likeness (QED) is 0.849. The van der Waals surface area contributed by atoms with Crippen LogP contribution < -0.4 is 5.32 Å². The lowest BCUT2D eigenvalue weighted by molar-refractivity contribution is -0.113. The summed E-state index contributed by atoms with van der Waals surface area (Å²) in [7, 11) is 0. The third-order valence-electron chi connectivity index (χ3n) is 3.07. The molecule has 4 nitrogen and oxygen atoms in total. The van der Waals surface area contributed by atoms with Gasteiger partial charge in [-0.25, -0.2) is 4.79 Å². The van der Waals surface area contributed by atoms with Crippen molar-refractivity contribution in [1.29, 1.82) is 0 Å². The second kappa shape index (κ2) is 6.41. The molecule has 1 amide bonds. The minimum Gasteiger partial charge on any atom is -0.478 e. The Balaban J connectivity index is 2.28. The third-order valence-corrected chi connectivity index (χ3v) is 3.32. The number of halogens is 1. The first-order valence-corrected chi connectivity index (χ1v) is 6.85. The van der Waals surface area contributed by atoms with Gasteiger partial charge >= 0.3 is 5.97 Å². The number of hydrogen-bond acceptors (Lipinski definition) is 2. The van der Waals surface area contributed by atoms with E-state index in [0.29, 0.717) is 5.69 Å². The SMILES string of the molecule is Cc1cc(NC(=O)CCl)ccc1-c1ccc(C(=O)O)cc1. The number of rotatable bonds is 4. The number of amides is 1. The molecule has 0 fully saturated rings. The Hall–Kier alpha value is -2.33. The highest BCUT2D eigenvalue weighted by molar-refractivity contribution is 6.29. The van der Waals surface area contributed by atoms with Crippen LogP contribution in [-0.2, 0) is 4.79 Å². The Bertz CT molecular complexity index is 680. The summed E-state index contributed by atoms with van der Waals surface area (Å²) in [6, 6.07) is 12.2. The average molecular weight is 304 g/mol. The van der Waals surface area contributed by atoms with Crippen LogP contribution in [0.25, 0.3) is 11.1 Å². The number of alkyl halides is 1. The highest BCUT2D eigenvalue weighted by Gasteiger charge is 2.07. The highest BCUT2D eigenvalue weighted by Crippen LogP contribution is 2.26. The molecule has 2 aromatic carbocycles. The summed E-state index contributed by atoms with van der Waals surface area (Å²) in [5.74, 6) is -1.29. The minimum absolute atomic E-state index is 0.0859. The van der Waals surface area contributed by atoms with Crippen LogP contribution in [0, 0.1) is 6.92 Å². The van der Waals surface area contributed by atoms with Gasteiger partial charge in [-0.3, -0.25) is 4.79 Å². The van der Waals surface area contributed by atoms with E-state index < -0.39 is 5.97 Å². The second-order valence-corrected chi connectivity index (χ2v) is 4.86. The number of aromatic carboxylic acids is 1. The zero-order valence-electron chi connectivity index (χ0n) is 11.4. The standard InChI is InChI=1S/C16H14ClNO3/c1-10-8-13(18-15(19)9-17)6-7-14(10)11-2-4-12(5-3-11)16(20)21/h2-8H,9H2,1H3,(H,18,19)(H,20,21). The molecule has 0 aliphatic heterocycles. The number of carbonyl (C=O) groups is 2. The summed E-state index contributed by atoms with van der Waals surface area (Å²) in [6.07, 6.45) is 0. The van der Waals surface area contributed by atoms with E-state index >= 15 is 0 Å². The number of hydrogen-bond donors (Lipinski definition) is 2. The van der Waals surface area contributed by atoms with Crippen molar-refractivity contribution in [2.75, 3.05) is 11.2 Å². The van der Waals surface area contributed by atoms with Crippen molar-refractivity contribution in [3.05, 3.63) is 53.6 Å². The highest BCUT2D eigenvalue weighted by atomic mass is 35.5. The maximum Gasteiger partial charge on any atom is 0.335 e. The fraction of sp³-hybridized carbons (Fsp3) is 0.125. The van der Waals surface area contributed by atoms with E-state index in [4.69, 9.17) is 16.7 Å². The van der Waals surface area contributed by atoms with Gasteiger partial charge in [0.15, 0.2) is 0 Å². The van der Waals surface area contributed by atoms with Gasteiger partial charge in [-0.2, -0.15) is 0 Å². The van der Waals surface area contributed by atoms with Gasteiger partial charge in [0.05, 0.1) is 5.56 Å². The first-order chi connectivity index (χ1) is 10.0. The average Bonchev–Trinajstić information content (AvgIpc) is 2.47. The molecule has 5 heteroatoms. The summed E-state index contributed by atoms with van der Waals surface area (Å²) in [5, 5.41) is 11.6. The molecule has 0 unspecified atom stereocenters. The molecule has 108 valence electrons. The molecule has 0 saturated heterocycles. The zero-order chi connectivity index (χ0) is 15.4. The molecule has 0 saturated carbocycles. The molecule has 0 aliphatic carbocycles. The van der Waals surface area contributed by atoms with Crippen LogP contribution in [0.15, 0.2) is 42.5 Å². The van der Waals surface area contributed by atoms with Crippen LogP contribution in [0.2, 0.25) is 0 Å². The Morgan fingerprint density at radius 1 is 1.14 bits per heavy atom. The summed E-state index contributed by atoms with van der Waals surface area (Å²) >= 11 is 5.45. The van der Waals surface area contributed by atoms with Crippen LogP contribution >= 0.6 is 11.6 Å². The van der Waals surface area contributed by atoms with Crippen LogP contribution in [0.5, 0.6) is 0 Å². The van der Waals surface area contributed by atoms with Crippen molar-refractivity contribution >= 4 is 29.2 Å². The van der Waals surface area contributed by atoms with Gasteiger partial charge in [-0.1, -0.05) is 18.2 Å². The molecule has 0 bridgehead atoms. The van der Waals surface area contributed by atoms with Gasteiger partial charge in [0.25, 0.3) is 0 Å². The molecule has 21 heavy (non-hydrogen) atoms. The molecule has 0 heterocycles. The van der Waals surface area contributed by atoms with Gasteiger partial charge in [-0.15, -0.1) is 11.6 Å². The molecule has 0 radical (unpaired) electrons. The molecular weight excluding hydrogens is 290 g/mol. The van der Waals surface area contributed by atoms with Crippen LogP contribution in [0.3, 0.4) is 0 Å². The first kappa shape index (κ1) is 15.1. The van der Waals surface area contributed by atoms with Gasteiger partial charge in [0.1, 0.15) is 5.88 Å². The lowest BCUT2D eigenvalue weighted by Crippen LogP contribution is -2.12. The maximum atomic E-state index is 11.3. The van der Waals surface area contributed by atoms with Crippen molar-refractivity contribution in [3.63, 3.8) is 0 Å². The van der Waals surface area contributed by atoms with E-state index in [2.05, 4.69) is 5.32 Å². The van der Waals surface area contributed by atoms with Crippen LogP contribution in [0.4, 0.5) is 5.69 Å². The fourth-order valence-electron chi connectivity index (χ4n) is 2.05. The number of benzene rings is 2. The monoisotopic (exact) mass is 303 g/mol. The van der Waals surface area contributed by atoms with E-state index in [9.17, 15) is 9.59 Å². The smallest absolute Gasteiger partial charge is 0.335 e. The predicted molar refractivity (Wildman–Crippen MR) is 82.9 cm³/mol. The van der Waals surface area contributed by atoms with E-state index in [1.54, 1.807) is 30.3 Å². The number of anilines is 1. The number of nitrogens with one attached hydrogen (secondary N) is 1. The Labute approximate surface area is 127 Å². The van der Waals surface area contributed by atoms with E-state index in [0.717, 1.165) is 16.7 Å². The zero-order valence-corrected chi connectivity index (χ0v) is 12.1. The van der Waals surface area contributed by atoms with E-state index in [-0.39, 0.29) is 17.4 Å². The van der Waals surface area contributed by atoms with E-state index in [1.165, 1.54) is 0 Å². The molecular formula is C16H14ClNO3. The molecule has 0 aromatic heterocycles. The van der Waals surface area contributed by atoms with Crippen molar-refractivity contribution in [2.24, 2.45) is 0 Å². The predicted octanol–water partition coefficient (Wildman–Crippen LogP) is 3.54. The lowest BCUT2D eigenvalue weighted by atomic mass is 9.99. The first-order valence-electron chi connectivity index (χ1n) is 6.31. The topological polar surface area (TPSA) is 66.4 Å². The Morgan fingerprint density at radius 2 is 1.81 bits per heavy atom. The van der Waals surface area contributed by atoms with E-state index in [1.807, 2.05) is 19.1 Å². The number of carbonyl (C=O) groups excluding carboxylic acids is 1. The number of carboxylic acid groups (broad SMARTS) is 1. The summed E-state index contributed by atoms with van der Waals surface area (Å²) in [4.78, 5) is 22.1. The normalized spacial score (nSPS) is 10.2. The van der Waals surface area contributed by atoms with Crippen molar-refractivity contribution < 1.29 is 14.7 Å². The van der Waals surface area contributed by atoms with Crippen molar-refractivity contribution in [2.45, 2.75) is 6.92 Å². The largest absolute Gasteiger partial charge is 0.478 e. The number of aryl methyl sites for hydroxylation is 1. The van der Waals surface area contributed by atoms with Crippen LogP contribution in [0.1, 0.15) is 15.9 Å². The van der Waals surface area contributed by atoms with Crippen LogP contribution in [-0.4, -0.2) is 22.9 Å². The fourth-order valence-corrected chi connectivity index (χ4v) is 2.12. The maximum absolute atomic E-state index is 11.3.